The maximum absolute atomic E-state index is 14.0. The number of rotatable bonds is 18. The summed E-state index contributed by atoms with van der Waals surface area (Å²) >= 11 is 0. The van der Waals surface area contributed by atoms with E-state index in [-0.39, 0.29) is 36.4 Å². The Morgan fingerprint density at radius 1 is 0.875 bits per heavy atom. The van der Waals surface area contributed by atoms with Crippen LogP contribution < -0.4 is 22.1 Å². The molecule has 0 saturated heterocycles. The third kappa shape index (κ3) is 11.0. The highest BCUT2D eigenvalue weighted by Crippen LogP contribution is 2.23. The first-order valence-corrected chi connectivity index (χ1v) is 17.3. The van der Waals surface area contributed by atoms with Crippen molar-refractivity contribution in [2.75, 3.05) is 26.2 Å². The molecule has 2 aromatic carbocycles. The Kier molecular flexibility index (Phi) is 14.1. The lowest BCUT2D eigenvalue weighted by atomic mass is 9.88. The van der Waals surface area contributed by atoms with Crippen molar-refractivity contribution in [1.82, 2.24) is 15.5 Å². The lowest BCUT2D eigenvalue weighted by Gasteiger charge is -2.32. The first kappa shape index (κ1) is 36.7. The largest absolute Gasteiger partial charge is 0.345 e. The number of aliphatic imine (C=N–C) groups is 1. The van der Waals surface area contributed by atoms with Crippen LogP contribution in [0.5, 0.6) is 0 Å². The predicted molar refractivity (Wildman–Crippen MR) is 189 cm³/mol. The van der Waals surface area contributed by atoms with Gasteiger partial charge >= 0.3 is 0 Å². The SMILES string of the molecule is CC(C)C[C@@H](CC(=O)[C@@H](Cc1ccccc1)NC(=O)[C@H](N)Cc1ccccc1)C(=O)N[C@H](CCCCN)C(=O)N1CCC2=C(C=NC2)C1. The number of nitrogens with one attached hydrogen (secondary N) is 2. The Labute approximate surface area is 284 Å². The number of ketones is 1. The summed E-state index contributed by atoms with van der Waals surface area (Å²) in [7, 11) is 0. The number of nitrogens with zero attached hydrogens (tertiary/aromatic N) is 2. The molecule has 10 nitrogen and oxygen atoms in total. The molecule has 2 heterocycles. The van der Waals surface area contributed by atoms with E-state index in [0.717, 1.165) is 29.5 Å². The van der Waals surface area contributed by atoms with Crippen LogP contribution in [0.1, 0.15) is 63.5 Å². The maximum Gasteiger partial charge on any atom is 0.245 e. The number of benzene rings is 2. The Morgan fingerprint density at radius 2 is 1.52 bits per heavy atom. The number of hydrogen-bond donors (Lipinski definition) is 4. The standard InChI is InChI=1S/C38H52N6O4/c1-26(2)19-30(36(46)42-33(15-9-10-17-39)38(48)44-18-16-29-23-41-24-31(29)25-44)22-35(45)34(21-28-13-7-4-8-14-28)43-37(47)32(40)20-27-11-5-3-6-12-27/h3-8,11-14,24,26,30,32-34H,9-10,15-23,25,39-40H2,1-2H3,(H,42,46)(H,43,47)/t30-,32+,33+,34+/m0/s1. The zero-order chi connectivity index (χ0) is 34.5. The Hall–Kier alpha value is -4.15. The number of hydrogen-bond acceptors (Lipinski definition) is 7. The molecule has 4 rings (SSSR count). The molecule has 10 heteroatoms. The van der Waals surface area contributed by atoms with Crippen LogP contribution in [0.25, 0.3) is 0 Å². The molecule has 0 spiro atoms. The second kappa shape index (κ2) is 18.4. The van der Waals surface area contributed by atoms with Crippen LogP contribution in [0.4, 0.5) is 0 Å². The first-order chi connectivity index (χ1) is 23.1. The van der Waals surface area contributed by atoms with Gasteiger partial charge in [-0.3, -0.25) is 24.2 Å². The average molecular weight is 657 g/mol. The molecule has 4 atom stereocenters. The minimum atomic E-state index is -0.866. The van der Waals surface area contributed by atoms with E-state index in [1.54, 1.807) is 4.90 Å². The second-order valence-electron chi connectivity index (χ2n) is 13.5. The summed E-state index contributed by atoms with van der Waals surface area (Å²) in [5, 5.41) is 5.94. The lowest BCUT2D eigenvalue weighted by Crippen LogP contribution is -2.53. The highest BCUT2D eigenvalue weighted by Gasteiger charge is 2.34. The van der Waals surface area contributed by atoms with Crippen LogP contribution in [-0.2, 0) is 32.0 Å². The normalized spacial score (nSPS) is 16.6. The molecular weight excluding hydrogens is 604 g/mol. The highest BCUT2D eigenvalue weighted by molar-refractivity contribution is 5.95. The number of Topliss-reactive ketones (excluding diaryl/α,β-unsaturated/α-hetero) is 1. The van der Waals surface area contributed by atoms with E-state index in [4.69, 9.17) is 11.5 Å². The summed E-state index contributed by atoms with van der Waals surface area (Å²) in [5.74, 6) is -1.67. The monoisotopic (exact) mass is 656 g/mol. The van der Waals surface area contributed by atoms with Gasteiger partial charge in [-0.25, -0.2) is 0 Å². The number of carbonyl (C=O) groups is 4. The van der Waals surface area contributed by atoms with Crippen molar-refractivity contribution in [2.24, 2.45) is 28.3 Å². The van der Waals surface area contributed by atoms with Crippen LogP contribution in [0.2, 0.25) is 0 Å². The van der Waals surface area contributed by atoms with E-state index < -0.39 is 30.0 Å². The van der Waals surface area contributed by atoms with Gasteiger partial charge in [-0.2, -0.15) is 0 Å². The van der Waals surface area contributed by atoms with Crippen molar-refractivity contribution in [1.29, 1.82) is 0 Å². The summed E-state index contributed by atoms with van der Waals surface area (Å²) < 4.78 is 0. The van der Waals surface area contributed by atoms with Gasteiger partial charge in [-0.05, 0) is 79.7 Å². The predicted octanol–water partition coefficient (Wildman–Crippen LogP) is 3.13. The molecule has 0 unspecified atom stereocenters. The van der Waals surface area contributed by atoms with Gasteiger partial charge in [0.15, 0.2) is 5.78 Å². The van der Waals surface area contributed by atoms with Crippen molar-refractivity contribution in [3.8, 4) is 0 Å². The fraction of sp³-hybridized carbons (Fsp3) is 0.500. The molecule has 0 saturated carbocycles. The third-order valence-electron chi connectivity index (χ3n) is 9.10. The second-order valence-corrected chi connectivity index (χ2v) is 13.5. The molecule has 48 heavy (non-hydrogen) atoms. The molecule has 258 valence electrons. The number of amides is 3. The van der Waals surface area contributed by atoms with E-state index in [2.05, 4.69) is 15.6 Å². The van der Waals surface area contributed by atoms with E-state index in [0.29, 0.717) is 51.9 Å². The zero-order valence-electron chi connectivity index (χ0n) is 28.4. The summed E-state index contributed by atoms with van der Waals surface area (Å²) in [6.45, 7) is 6.28. The van der Waals surface area contributed by atoms with Crippen molar-refractivity contribution in [3.63, 3.8) is 0 Å². The van der Waals surface area contributed by atoms with E-state index >= 15 is 0 Å². The molecule has 0 bridgehead atoms. The Bertz CT molecular complexity index is 1440. The molecule has 0 radical (unpaired) electrons. The number of nitrogens with two attached hydrogens (primary N) is 2. The fourth-order valence-corrected chi connectivity index (χ4v) is 6.43. The molecule has 0 aromatic heterocycles. The van der Waals surface area contributed by atoms with Gasteiger partial charge in [0.05, 0.1) is 18.6 Å². The highest BCUT2D eigenvalue weighted by atomic mass is 16.2. The molecule has 2 aliphatic heterocycles. The van der Waals surface area contributed by atoms with E-state index in [1.807, 2.05) is 80.7 Å². The van der Waals surface area contributed by atoms with Crippen LogP contribution in [0.15, 0.2) is 76.8 Å². The Balaban J connectivity index is 1.48. The molecule has 0 aliphatic carbocycles. The molecule has 6 N–H and O–H groups in total. The van der Waals surface area contributed by atoms with Crippen LogP contribution >= 0.6 is 0 Å². The average Bonchev–Trinajstić information content (AvgIpc) is 3.56. The van der Waals surface area contributed by atoms with Crippen molar-refractivity contribution < 1.29 is 19.2 Å². The molecule has 2 aliphatic rings. The zero-order valence-corrected chi connectivity index (χ0v) is 28.4. The van der Waals surface area contributed by atoms with Gasteiger partial charge in [0.1, 0.15) is 6.04 Å². The summed E-state index contributed by atoms with van der Waals surface area (Å²) in [6, 6.07) is 16.5. The van der Waals surface area contributed by atoms with E-state index in [9.17, 15) is 19.2 Å². The van der Waals surface area contributed by atoms with Crippen LogP contribution in [0.3, 0.4) is 0 Å². The summed E-state index contributed by atoms with van der Waals surface area (Å²) in [6.07, 6.45) is 5.51. The fourth-order valence-electron chi connectivity index (χ4n) is 6.43. The van der Waals surface area contributed by atoms with Crippen molar-refractivity contribution >= 4 is 29.7 Å². The molecule has 0 fully saturated rings. The lowest BCUT2D eigenvalue weighted by molar-refractivity contribution is -0.138. The molecule has 3 amide bonds. The minimum absolute atomic E-state index is 0.0736. The number of unbranched alkanes of at least 4 members (excludes halogenated alkanes) is 1. The quantitative estimate of drug-likeness (QED) is 0.181. The van der Waals surface area contributed by atoms with Gasteiger partial charge < -0.3 is 27.0 Å². The maximum atomic E-state index is 14.0. The van der Waals surface area contributed by atoms with Gasteiger partial charge in [0, 0.05) is 31.6 Å². The van der Waals surface area contributed by atoms with Crippen LogP contribution in [0, 0.1) is 11.8 Å². The van der Waals surface area contributed by atoms with Crippen LogP contribution in [-0.4, -0.2) is 78.9 Å². The summed E-state index contributed by atoms with van der Waals surface area (Å²) in [5.41, 5.74) is 16.2. The molecule has 2 aromatic rings. The van der Waals surface area contributed by atoms with Gasteiger partial charge in [0.2, 0.25) is 17.7 Å². The van der Waals surface area contributed by atoms with E-state index in [1.165, 1.54) is 5.57 Å². The summed E-state index contributed by atoms with van der Waals surface area (Å²) in [4.78, 5) is 61.2. The first-order valence-electron chi connectivity index (χ1n) is 17.3. The minimum Gasteiger partial charge on any atom is -0.345 e. The van der Waals surface area contributed by atoms with Gasteiger partial charge in [0.25, 0.3) is 0 Å². The van der Waals surface area contributed by atoms with Gasteiger partial charge in [-0.15, -0.1) is 0 Å². The molecular formula is C38H52N6O4. The topological polar surface area (TPSA) is 160 Å². The number of carbonyl (C=O) groups excluding carboxylic acids is 4. The van der Waals surface area contributed by atoms with Crippen molar-refractivity contribution in [3.05, 3.63) is 82.9 Å². The Morgan fingerprint density at radius 3 is 2.17 bits per heavy atom. The third-order valence-corrected chi connectivity index (χ3v) is 9.10. The van der Waals surface area contributed by atoms with Gasteiger partial charge in [-0.1, -0.05) is 74.5 Å². The smallest absolute Gasteiger partial charge is 0.245 e. The van der Waals surface area contributed by atoms with Crippen molar-refractivity contribution in [2.45, 2.75) is 83.3 Å².